The minimum atomic E-state index is 0.782. The Balaban J connectivity index is 1.97. The van der Waals surface area contributed by atoms with Crippen LogP contribution in [-0.4, -0.2) is 16.9 Å². The maximum atomic E-state index is 5.33. The van der Waals surface area contributed by atoms with Gasteiger partial charge in [0.1, 0.15) is 0 Å². The van der Waals surface area contributed by atoms with Gasteiger partial charge in [-0.15, -0.1) is 0 Å². The lowest BCUT2D eigenvalue weighted by Crippen LogP contribution is -2.18. The number of aromatic nitrogens is 2. The third-order valence-corrected chi connectivity index (χ3v) is 3.64. The second-order valence-electron chi connectivity index (χ2n) is 5.14. The lowest BCUT2D eigenvalue weighted by atomic mass is 9.83. The van der Waals surface area contributed by atoms with Crippen LogP contribution in [0, 0.1) is 18.8 Å². The molecule has 0 N–H and O–H groups in total. The summed E-state index contributed by atoms with van der Waals surface area (Å²) in [4.78, 5) is 0. The average Bonchev–Trinajstić information content (AvgIpc) is 2.62. The number of methoxy groups -OCH3 is 1. The van der Waals surface area contributed by atoms with Crippen LogP contribution in [0.25, 0.3) is 0 Å². The molecule has 0 aromatic carbocycles. The summed E-state index contributed by atoms with van der Waals surface area (Å²) in [6, 6.07) is 2.01. The van der Waals surface area contributed by atoms with E-state index >= 15 is 0 Å². The second-order valence-corrected chi connectivity index (χ2v) is 5.14. The van der Waals surface area contributed by atoms with E-state index in [-0.39, 0.29) is 0 Å². The Labute approximate surface area is 97.8 Å². The molecule has 1 fully saturated rings. The van der Waals surface area contributed by atoms with Crippen molar-refractivity contribution in [3.05, 3.63) is 11.8 Å². The molecule has 2 rings (SSSR count). The van der Waals surface area contributed by atoms with E-state index in [1.54, 1.807) is 7.11 Å². The van der Waals surface area contributed by atoms with E-state index in [2.05, 4.69) is 12.0 Å². The van der Waals surface area contributed by atoms with Gasteiger partial charge in [-0.1, -0.05) is 19.8 Å². The molecule has 0 spiro atoms. The van der Waals surface area contributed by atoms with Crippen molar-refractivity contribution in [3.8, 4) is 5.88 Å². The van der Waals surface area contributed by atoms with Crippen LogP contribution >= 0.6 is 0 Å². The van der Waals surface area contributed by atoms with E-state index < -0.39 is 0 Å². The van der Waals surface area contributed by atoms with Gasteiger partial charge in [-0.25, -0.2) is 4.68 Å². The minimum Gasteiger partial charge on any atom is -0.481 e. The summed E-state index contributed by atoms with van der Waals surface area (Å²) in [7, 11) is 1.72. The Morgan fingerprint density at radius 3 is 2.69 bits per heavy atom. The zero-order chi connectivity index (χ0) is 11.5. The number of rotatable bonds is 3. The average molecular weight is 222 g/mol. The number of hydrogen-bond donors (Lipinski definition) is 0. The fraction of sp³-hybridized carbons (Fsp3) is 0.769. The highest BCUT2D eigenvalue weighted by Gasteiger charge is 2.20. The minimum absolute atomic E-state index is 0.782. The summed E-state index contributed by atoms with van der Waals surface area (Å²) in [6.45, 7) is 5.39. The summed E-state index contributed by atoms with van der Waals surface area (Å²) in [5, 5.41) is 4.49. The van der Waals surface area contributed by atoms with Crippen LogP contribution < -0.4 is 4.74 Å². The van der Waals surface area contributed by atoms with Gasteiger partial charge in [0.25, 0.3) is 0 Å². The van der Waals surface area contributed by atoms with Gasteiger partial charge in [-0.3, -0.25) is 0 Å². The van der Waals surface area contributed by atoms with Crippen molar-refractivity contribution in [3.63, 3.8) is 0 Å². The third kappa shape index (κ3) is 2.57. The highest BCUT2D eigenvalue weighted by Crippen LogP contribution is 2.30. The lowest BCUT2D eigenvalue weighted by Gasteiger charge is -2.26. The number of hydrogen-bond acceptors (Lipinski definition) is 2. The quantitative estimate of drug-likeness (QED) is 0.786. The van der Waals surface area contributed by atoms with Crippen LogP contribution in [0.15, 0.2) is 6.07 Å². The summed E-state index contributed by atoms with van der Waals surface area (Å²) in [6.07, 6.45) is 5.41. The Kier molecular flexibility index (Phi) is 3.52. The maximum Gasteiger partial charge on any atom is 0.211 e. The summed E-state index contributed by atoms with van der Waals surface area (Å²) in [5.41, 5.74) is 1.04. The zero-order valence-electron chi connectivity index (χ0n) is 10.6. The topological polar surface area (TPSA) is 27.1 Å². The van der Waals surface area contributed by atoms with E-state index in [9.17, 15) is 0 Å². The number of nitrogens with zero attached hydrogens (tertiary/aromatic N) is 2. The molecule has 0 bridgehead atoms. The first-order valence-corrected chi connectivity index (χ1v) is 6.27. The third-order valence-electron chi connectivity index (χ3n) is 3.64. The molecule has 16 heavy (non-hydrogen) atoms. The van der Waals surface area contributed by atoms with Gasteiger partial charge in [0.2, 0.25) is 5.88 Å². The molecular formula is C13H22N2O. The van der Waals surface area contributed by atoms with Crippen molar-refractivity contribution in [1.29, 1.82) is 0 Å². The number of ether oxygens (including phenoxy) is 1. The van der Waals surface area contributed by atoms with Crippen LogP contribution in [0.1, 0.15) is 38.3 Å². The summed E-state index contributed by atoms with van der Waals surface area (Å²) >= 11 is 0. The second kappa shape index (κ2) is 4.89. The Morgan fingerprint density at radius 2 is 2.06 bits per heavy atom. The predicted molar refractivity (Wildman–Crippen MR) is 64.6 cm³/mol. The molecule has 3 heteroatoms. The van der Waals surface area contributed by atoms with Crippen molar-refractivity contribution in [2.24, 2.45) is 11.8 Å². The van der Waals surface area contributed by atoms with E-state index in [0.29, 0.717) is 0 Å². The zero-order valence-corrected chi connectivity index (χ0v) is 10.6. The van der Waals surface area contributed by atoms with Crippen LogP contribution in [0.2, 0.25) is 0 Å². The highest BCUT2D eigenvalue weighted by molar-refractivity contribution is 5.14. The molecule has 1 aromatic rings. The van der Waals surface area contributed by atoms with Crippen molar-refractivity contribution in [2.45, 2.75) is 46.1 Å². The molecular weight excluding hydrogens is 200 g/mol. The molecule has 1 aliphatic carbocycles. The predicted octanol–water partition coefficient (Wildman–Crippen LogP) is 3.03. The molecule has 3 nitrogen and oxygen atoms in total. The molecule has 1 heterocycles. The summed E-state index contributed by atoms with van der Waals surface area (Å²) in [5.74, 6) is 2.60. The van der Waals surface area contributed by atoms with Gasteiger partial charge < -0.3 is 4.74 Å². The fourth-order valence-electron chi connectivity index (χ4n) is 2.57. The van der Waals surface area contributed by atoms with Gasteiger partial charge in [-0.2, -0.15) is 5.10 Å². The smallest absolute Gasteiger partial charge is 0.211 e. The van der Waals surface area contributed by atoms with E-state index in [4.69, 9.17) is 4.74 Å². The molecule has 90 valence electrons. The van der Waals surface area contributed by atoms with Gasteiger partial charge >= 0.3 is 0 Å². The van der Waals surface area contributed by atoms with Crippen molar-refractivity contribution in [1.82, 2.24) is 9.78 Å². The van der Waals surface area contributed by atoms with Gasteiger partial charge in [0.05, 0.1) is 12.8 Å². The van der Waals surface area contributed by atoms with Gasteiger partial charge in [0, 0.05) is 12.6 Å². The van der Waals surface area contributed by atoms with Crippen LogP contribution in [-0.2, 0) is 6.54 Å². The van der Waals surface area contributed by atoms with Crippen LogP contribution in [0.4, 0.5) is 0 Å². The van der Waals surface area contributed by atoms with Crippen LogP contribution in [0.5, 0.6) is 5.88 Å². The van der Waals surface area contributed by atoms with Crippen LogP contribution in [0.3, 0.4) is 0 Å². The fourth-order valence-corrected chi connectivity index (χ4v) is 2.57. The SMILES string of the molecule is COc1cc(C)nn1CC1CCC(C)CC1. The van der Waals surface area contributed by atoms with E-state index in [0.717, 1.165) is 30.0 Å². The largest absolute Gasteiger partial charge is 0.481 e. The highest BCUT2D eigenvalue weighted by atomic mass is 16.5. The molecule has 1 saturated carbocycles. The maximum absolute atomic E-state index is 5.33. The van der Waals surface area contributed by atoms with E-state index in [1.807, 2.05) is 17.7 Å². The van der Waals surface area contributed by atoms with Crippen molar-refractivity contribution in [2.75, 3.05) is 7.11 Å². The first kappa shape index (κ1) is 11.5. The molecule has 0 amide bonds. The molecule has 1 aromatic heterocycles. The Bertz CT molecular complexity index is 338. The Hall–Kier alpha value is -0.990. The first-order chi connectivity index (χ1) is 7.69. The van der Waals surface area contributed by atoms with Crippen molar-refractivity contribution >= 4 is 0 Å². The summed E-state index contributed by atoms with van der Waals surface area (Å²) < 4.78 is 7.35. The molecule has 0 atom stereocenters. The molecule has 1 aliphatic rings. The Morgan fingerprint density at radius 1 is 1.38 bits per heavy atom. The molecule has 0 aliphatic heterocycles. The standard InChI is InChI=1S/C13H22N2O/c1-10-4-6-12(7-5-10)9-15-13(16-3)8-11(2)14-15/h8,10,12H,4-7,9H2,1-3H3. The van der Waals surface area contributed by atoms with Gasteiger partial charge in [0.15, 0.2) is 0 Å². The van der Waals surface area contributed by atoms with Gasteiger partial charge in [-0.05, 0) is 31.6 Å². The first-order valence-electron chi connectivity index (χ1n) is 6.27. The van der Waals surface area contributed by atoms with E-state index in [1.165, 1.54) is 25.7 Å². The number of aryl methyl sites for hydroxylation is 1. The molecule has 0 saturated heterocycles. The normalized spacial score (nSPS) is 25.7. The molecule has 0 radical (unpaired) electrons. The monoisotopic (exact) mass is 222 g/mol. The van der Waals surface area contributed by atoms with Crippen molar-refractivity contribution < 1.29 is 4.74 Å². The molecule has 0 unspecified atom stereocenters. The lowest BCUT2D eigenvalue weighted by molar-refractivity contribution is 0.245.